The van der Waals surface area contributed by atoms with Gasteiger partial charge in [0.25, 0.3) is 5.91 Å². The Balaban J connectivity index is 1.74. The maximum absolute atomic E-state index is 12.2. The van der Waals surface area contributed by atoms with Gasteiger partial charge in [-0.1, -0.05) is 6.07 Å². The number of nitrogen functional groups attached to an aromatic ring is 1. The maximum Gasteiger partial charge on any atom is 0.256 e. The van der Waals surface area contributed by atoms with E-state index in [1.807, 2.05) is 18.2 Å². The Morgan fingerprint density at radius 1 is 1.09 bits per heavy atom. The third kappa shape index (κ3) is 3.46. The summed E-state index contributed by atoms with van der Waals surface area (Å²) >= 11 is 0. The Hall–Kier alpha value is -3.35. The van der Waals surface area contributed by atoms with Gasteiger partial charge in [-0.25, -0.2) is 9.97 Å². The van der Waals surface area contributed by atoms with Gasteiger partial charge >= 0.3 is 0 Å². The van der Waals surface area contributed by atoms with E-state index < -0.39 is 0 Å². The minimum atomic E-state index is -0.330. The summed E-state index contributed by atoms with van der Waals surface area (Å²) in [4.78, 5) is 28.5. The van der Waals surface area contributed by atoms with Crippen molar-refractivity contribution in [3.63, 3.8) is 0 Å². The molecule has 3 aromatic heterocycles. The number of carbonyl (C=O) groups excluding carboxylic acids is 1. The van der Waals surface area contributed by atoms with Crippen LogP contribution in [0.4, 0.5) is 5.82 Å². The molecule has 0 saturated heterocycles. The molecule has 3 N–H and O–H groups in total. The van der Waals surface area contributed by atoms with Crippen molar-refractivity contribution in [1.82, 2.24) is 25.3 Å². The molecular weight excluding hydrogens is 292 g/mol. The summed E-state index contributed by atoms with van der Waals surface area (Å²) in [6.45, 7) is 0.358. The topological polar surface area (TPSA) is 107 Å². The Labute approximate surface area is 132 Å². The lowest BCUT2D eigenvalue weighted by Crippen LogP contribution is -2.24. The number of rotatable bonds is 4. The summed E-state index contributed by atoms with van der Waals surface area (Å²) in [6, 6.07) is 7.29. The number of hydrogen-bond acceptors (Lipinski definition) is 6. The SMILES string of the molecule is Nc1nc(-c2cccnc2)ncc1C(=O)NCc1cccnc1. The molecule has 114 valence electrons. The lowest BCUT2D eigenvalue weighted by atomic mass is 10.2. The molecule has 0 bridgehead atoms. The van der Waals surface area contributed by atoms with Crippen molar-refractivity contribution in [3.05, 3.63) is 66.4 Å². The standard InChI is InChI=1S/C16H14N6O/c17-14-13(16(23)21-8-11-3-1-5-18-7-11)10-20-15(22-14)12-4-2-6-19-9-12/h1-7,9-10H,8H2,(H,21,23)(H2,17,20,22). The van der Waals surface area contributed by atoms with Gasteiger partial charge < -0.3 is 11.1 Å². The molecule has 0 fully saturated rings. The van der Waals surface area contributed by atoms with Gasteiger partial charge in [-0.15, -0.1) is 0 Å². The highest BCUT2D eigenvalue weighted by Crippen LogP contribution is 2.16. The fourth-order valence-electron chi connectivity index (χ4n) is 1.98. The van der Waals surface area contributed by atoms with E-state index in [1.165, 1.54) is 6.20 Å². The van der Waals surface area contributed by atoms with Crippen LogP contribution in [0, 0.1) is 0 Å². The molecular formula is C16H14N6O. The Morgan fingerprint density at radius 3 is 2.52 bits per heavy atom. The van der Waals surface area contributed by atoms with Crippen molar-refractivity contribution < 1.29 is 4.79 Å². The summed E-state index contributed by atoms with van der Waals surface area (Å²) < 4.78 is 0. The zero-order valence-corrected chi connectivity index (χ0v) is 12.2. The van der Waals surface area contributed by atoms with Gasteiger partial charge in [0.15, 0.2) is 5.82 Å². The lowest BCUT2D eigenvalue weighted by Gasteiger charge is -2.08. The molecule has 23 heavy (non-hydrogen) atoms. The zero-order valence-electron chi connectivity index (χ0n) is 12.2. The summed E-state index contributed by atoms with van der Waals surface area (Å²) in [5.41, 5.74) is 7.75. The predicted octanol–water partition coefficient (Wildman–Crippen LogP) is 1.45. The number of nitrogens with two attached hydrogens (primary N) is 1. The third-order valence-corrected chi connectivity index (χ3v) is 3.16. The first-order valence-electron chi connectivity index (χ1n) is 6.94. The molecule has 3 aromatic rings. The first-order valence-corrected chi connectivity index (χ1v) is 6.94. The maximum atomic E-state index is 12.2. The molecule has 0 aliphatic heterocycles. The summed E-state index contributed by atoms with van der Waals surface area (Å²) in [6.07, 6.45) is 8.08. The van der Waals surface area contributed by atoms with Crippen molar-refractivity contribution in [1.29, 1.82) is 0 Å². The Morgan fingerprint density at radius 2 is 1.87 bits per heavy atom. The van der Waals surface area contributed by atoms with Crippen LogP contribution in [0.3, 0.4) is 0 Å². The van der Waals surface area contributed by atoms with E-state index in [4.69, 9.17) is 5.73 Å². The number of pyridine rings is 2. The van der Waals surface area contributed by atoms with Crippen molar-refractivity contribution in [2.24, 2.45) is 0 Å². The van der Waals surface area contributed by atoms with Crippen molar-refractivity contribution in [2.75, 3.05) is 5.73 Å². The summed E-state index contributed by atoms with van der Waals surface area (Å²) in [5.74, 6) is 0.228. The van der Waals surface area contributed by atoms with Gasteiger partial charge in [-0.3, -0.25) is 14.8 Å². The van der Waals surface area contributed by atoms with Crippen molar-refractivity contribution in [2.45, 2.75) is 6.54 Å². The van der Waals surface area contributed by atoms with E-state index in [0.29, 0.717) is 12.4 Å². The Bertz CT molecular complexity index is 807. The molecule has 3 rings (SSSR count). The van der Waals surface area contributed by atoms with E-state index in [9.17, 15) is 4.79 Å². The molecule has 0 atom stereocenters. The van der Waals surface area contributed by atoms with E-state index in [-0.39, 0.29) is 17.3 Å². The second-order valence-electron chi connectivity index (χ2n) is 4.78. The number of aromatic nitrogens is 4. The molecule has 0 radical (unpaired) electrons. The molecule has 3 heterocycles. The predicted molar refractivity (Wildman–Crippen MR) is 85.1 cm³/mol. The average molecular weight is 306 g/mol. The van der Waals surface area contributed by atoms with Gasteiger partial charge in [-0.05, 0) is 23.8 Å². The second-order valence-corrected chi connectivity index (χ2v) is 4.78. The number of anilines is 1. The molecule has 7 nitrogen and oxygen atoms in total. The largest absolute Gasteiger partial charge is 0.383 e. The number of carbonyl (C=O) groups is 1. The molecule has 0 unspecified atom stereocenters. The molecule has 0 aromatic carbocycles. The number of nitrogens with one attached hydrogen (secondary N) is 1. The van der Waals surface area contributed by atoms with Crippen LogP contribution in [-0.4, -0.2) is 25.8 Å². The van der Waals surface area contributed by atoms with Crippen molar-refractivity contribution >= 4 is 11.7 Å². The fourth-order valence-corrected chi connectivity index (χ4v) is 1.98. The van der Waals surface area contributed by atoms with E-state index in [2.05, 4.69) is 25.3 Å². The molecule has 1 amide bonds. The quantitative estimate of drug-likeness (QED) is 0.755. The van der Waals surface area contributed by atoms with Gasteiger partial charge in [0.05, 0.1) is 5.56 Å². The van der Waals surface area contributed by atoms with Crippen LogP contribution in [0.5, 0.6) is 0 Å². The highest BCUT2D eigenvalue weighted by Gasteiger charge is 2.13. The highest BCUT2D eigenvalue weighted by atomic mass is 16.1. The van der Waals surface area contributed by atoms with Crippen LogP contribution in [0.25, 0.3) is 11.4 Å². The minimum Gasteiger partial charge on any atom is -0.383 e. The van der Waals surface area contributed by atoms with E-state index >= 15 is 0 Å². The number of nitrogens with zero attached hydrogens (tertiary/aromatic N) is 4. The van der Waals surface area contributed by atoms with E-state index in [1.54, 1.807) is 30.9 Å². The fraction of sp³-hybridized carbons (Fsp3) is 0.0625. The first-order chi connectivity index (χ1) is 11.2. The molecule has 0 spiro atoms. The molecule has 0 saturated carbocycles. The first kappa shape index (κ1) is 14.6. The molecule has 7 heteroatoms. The van der Waals surface area contributed by atoms with Crippen LogP contribution in [-0.2, 0) is 6.54 Å². The minimum absolute atomic E-state index is 0.127. The van der Waals surface area contributed by atoms with Crippen LogP contribution >= 0.6 is 0 Å². The molecule has 0 aliphatic carbocycles. The van der Waals surface area contributed by atoms with Gasteiger partial charge in [0, 0.05) is 43.1 Å². The lowest BCUT2D eigenvalue weighted by molar-refractivity contribution is 0.0951. The van der Waals surface area contributed by atoms with Gasteiger partial charge in [0.2, 0.25) is 0 Å². The highest BCUT2D eigenvalue weighted by molar-refractivity contribution is 5.98. The smallest absolute Gasteiger partial charge is 0.256 e. The Kier molecular flexibility index (Phi) is 4.19. The number of amides is 1. The normalized spacial score (nSPS) is 10.3. The molecule has 0 aliphatic rings. The van der Waals surface area contributed by atoms with Crippen LogP contribution in [0.15, 0.2) is 55.2 Å². The third-order valence-electron chi connectivity index (χ3n) is 3.16. The van der Waals surface area contributed by atoms with Crippen molar-refractivity contribution in [3.8, 4) is 11.4 Å². The van der Waals surface area contributed by atoms with Gasteiger partial charge in [0.1, 0.15) is 5.82 Å². The van der Waals surface area contributed by atoms with Crippen LogP contribution in [0.1, 0.15) is 15.9 Å². The number of hydrogen-bond donors (Lipinski definition) is 2. The average Bonchev–Trinajstić information content (AvgIpc) is 2.61. The summed E-state index contributed by atoms with van der Waals surface area (Å²) in [7, 11) is 0. The monoisotopic (exact) mass is 306 g/mol. The van der Waals surface area contributed by atoms with Crippen LogP contribution in [0.2, 0.25) is 0 Å². The summed E-state index contributed by atoms with van der Waals surface area (Å²) in [5, 5.41) is 2.76. The second kappa shape index (κ2) is 6.61. The van der Waals surface area contributed by atoms with Gasteiger partial charge in [-0.2, -0.15) is 0 Å². The van der Waals surface area contributed by atoms with E-state index in [0.717, 1.165) is 11.1 Å². The van der Waals surface area contributed by atoms with Crippen LogP contribution < -0.4 is 11.1 Å². The zero-order chi connectivity index (χ0) is 16.1.